The third-order valence-electron chi connectivity index (χ3n) is 9.87. The fourth-order valence-electron chi connectivity index (χ4n) is 7.01. The minimum Gasteiger partial charge on any atom is -0.309 e. The van der Waals surface area contributed by atoms with E-state index in [0.29, 0.717) is 21.5 Å². The summed E-state index contributed by atoms with van der Waals surface area (Å²) in [5.74, 6) is -3.99. The van der Waals surface area contributed by atoms with E-state index in [1.165, 1.54) is 12.1 Å². The second-order valence-corrected chi connectivity index (χ2v) is 16.1. The van der Waals surface area contributed by atoms with Gasteiger partial charge in [0.25, 0.3) is 0 Å². The Balaban J connectivity index is 1.19. The highest BCUT2D eigenvalue weighted by Crippen LogP contribution is 2.53. The normalized spacial score (nSPS) is 12.6. The van der Waals surface area contributed by atoms with Crippen LogP contribution in [0.15, 0.2) is 188 Å². The molecule has 1 heterocycles. The molecule has 9 heteroatoms. The maximum absolute atomic E-state index is 15.1. The lowest BCUT2D eigenvalue weighted by molar-refractivity contribution is 0.509. The van der Waals surface area contributed by atoms with Crippen molar-refractivity contribution in [3.05, 3.63) is 212 Å². The van der Waals surface area contributed by atoms with E-state index in [4.69, 9.17) is 0 Å². The van der Waals surface area contributed by atoms with Crippen LogP contribution in [0.5, 0.6) is 0 Å². The summed E-state index contributed by atoms with van der Waals surface area (Å²) >= 11 is 0. The number of hydrogen-bond donors (Lipinski definition) is 0. The second kappa shape index (κ2) is 15.8. The second-order valence-electron chi connectivity index (χ2n) is 13.4. The molecule has 0 radical (unpaired) electrons. The first-order chi connectivity index (χ1) is 28.2. The van der Waals surface area contributed by atoms with E-state index in [0.717, 1.165) is 57.3 Å². The summed E-state index contributed by atoms with van der Waals surface area (Å²) in [6.07, 6.45) is 5.01. The lowest BCUT2D eigenvalue weighted by Crippen LogP contribution is -2.17. The zero-order valence-corrected chi connectivity index (χ0v) is 31.7. The molecular formula is C49H32F4N3OP. The maximum atomic E-state index is 15.1. The highest BCUT2D eigenvalue weighted by Gasteiger charge is 2.30. The van der Waals surface area contributed by atoms with Crippen LogP contribution in [0.3, 0.4) is 0 Å². The lowest BCUT2D eigenvalue weighted by atomic mass is 9.92. The van der Waals surface area contributed by atoms with Gasteiger partial charge in [0.15, 0.2) is 47.9 Å². The predicted molar refractivity (Wildman–Crippen MR) is 226 cm³/mol. The molecule has 0 N–H and O–H groups in total. The largest absolute Gasteiger partial charge is 0.309 e. The molecule has 1 unspecified atom stereocenters. The Kier molecular flexibility index (Phi) is 10.4. The lowest BCUT2D eigenvalue weighted by Gasteiger charge is -2.21. The monoisotopic (exact) mass is 785 g/mol. The first-order valence-corrected chi connectivity index (χ1v) is 19.9. The number of nitrogens with zero attached hydrogens (tertiary/aromatic N) is 3. The van der Waals surface area contributed by atoms with Gasteiger partial charge in [0.2, 0.25) is 0 Å². The van der Waals surface area contributed by atoms with E-state index in [1.807, 2.05) is 97.1 Å². The molecule has 58 heavy (non-hydrogen) atoms. The van der Waals surface area contributed by atoms with Crippen LogP contribution in [-0.4, -0.2) is 15.0 Å². The molecular weight excluding hydrogens is 754 g/mol. The first kappa shape index (κ1) is 37.9. The van der Waals surface area contributed by atoms with Gasteiger partial charge < -0.3 is 4.57 Å². The van der Waals surface area contributed by atoms with E-state index >= 15 is 4.57 Å². The van der Waals surface area contributed by atoms with Crippen molar-refractivity contribution in [3.63, 3.8) is 0 Å². The molecule has 0 fully saturated rings. The summed E-state index contributed by atoms with van der Waals surface area (Å²) in [7, 11) is -3.30. The van der Waals surface area contributed by atoms with Gasteiger partial charge in [0.1, 0.15) is 0 Å². The molecule has 1 aromatic heterocycles. The average molecular weight is 786 g/mol. The Bertz CT molecular complexity index is 2900. The van der Waals surface area contributed by atoms with Gasteiger partial charge in [-0.3, -0.25) is 0 Å². The SMILES string of the molecule is C=C/C=C(\C=C)P(=O)(c1ccccc1)c1cccc(-c2ccc(-c3ccc(-c4nc(-c5ccc(F)c(F)c5)nc(-c5ccc(F)c(F)c5)n4)cc3)c3ccccc23)c1. The van der Waals surface area contributed by atoms with Gasteiger partial charge in [0.05, 0.1) is 0 Å². The highest BCUT2D eigenvalue weighted by atomic mass is 31.2. The molecule has 8 rings (SSSR count). The molecule has 0 bridgehead atoms. The predicted octanol–water partition coefficient (Wildman–Crippen LogP) is 12.5. The Morgan fingerprint density at radius 1 is 0.466 bits per heavy atom. The molecule has 1 atom stereocenters. The van der Waals surface area contributed by atoms with Gasteiger partial charge in [-0.1, -0.05) is 141 Å². The number of rotatable bonds is 10. The van der Waals surface area contributed by atoms with Crippen molar-refractivity contribution in [3.8, 4) is 56.4 Å². The summed E-state index contributed by atoms with van der Waals surface area (Å²) < 4.78 is 71.4. The molecule has 0 aliphatic heterocycles. The molecule has 0 amide bonds. The van der Waals surface area contributed by atoms with Crippen molar-refractivity contribution in [1.82, 2.24) is 15.0 Å². The van der Waals surface area contributed by atoms with Crippen LogP contribution in [0.25, 0.3) is 67.2 Å². The minimum absolute atomic E-state index is 0.0240. The number of hydrogen-bond acceptors (Lipinski definition) is 4. The zero-order valence-electron chi connectivity index (χ0n) is 30.8. The van der Waals surface area contributed by atoms with Crippen molar-refractivity contribution in [2.75, 3.05) is 0 Å². The Morgan fingerprint density at radius 2 is 0.948 bits per heavy atom. The van der Waals surface area contributed by atoms with Crippen molar-refractivity contribution >= 4 is 28.5 Å². The minimum atomic E-state index is -3.30. The van der Waals surface area contributed by atoms with Gasteiger partial charge >= 0.3 is 0 Å². The average Bonchev–Trinajstić information content (AvgIpc) is 3.27. The van der Waals surface area contributed by atoms with E-state index in [-0.39, 0.29) is 28.6 Å². The third-order valence-corrected chi connectivity index (χ3v) is 13.0. The standard InChI is InChI=1S/C49H32F4N3OP/c1-3-11-36(4-2)58(57,37-13-6-5-7-14-37)38-15-10-12-33(28-38)40-25-24-39(41-16-8-9-17-42(40)41)31-18-20-32(21-19-31)47-54-48(34-22-26-43(50)45(52)29-34)56-49(55-47)35-23-27-44(51)46(53)30-35/h3-30H,1-2H2/b36-11+. The van der Waals surface area contributed by atoms with Crippen molar-refractivity contribution in [2.24, 2.45) is 0 Å². The van der Waals surface area contributed by atoms with Gasteiger partial charge in [-0.2, -0.15) is 0 Å². The van der Waals surface area contributed by atoms with E-state index in [2.05, 4.69) is 46.3 Å². The summed E-state index contributed by atoms with van der Waals surface area (Å²) in [5, 5.41) is 3.94. The van der Waals surface area contributed by atoms with Crippen LogP contribution in [0, 0.1) is 23.3 Å². The smallest absolute Gasteiger partial charge is 0.171 e. The van der Waals surface area contributed by atoms with Crippen molar-refractivity contribution in [1.29, 1.82) is 0 Å². The molecule has 0 aliphatic rings. The van der Waals surface area contributed by atoms with Crippen LogP contribution in [0.1, 0.15) is 0 Å². The van der Waals surface area contributed by atoms with Crippen LogP contribution in [0.2, 0.25) is 0 Å². The first-order valence-electron chi connectivity index (χ1n) is 18.2. The fraction of sp³-hybridized carbons (Fsp3) is 0. The fourth-order valence-corrected chi connectivity index (χ4v) is 9.69. The molecule has 0 saturated heterocycles. The molecule has 0 aliphatic carbocycles. The number of benzene rings is 7. The van der Waals surface area contributed by atoms with E-state index in [9.17, 15) is 17.6 Å². The molecule has 4 nitrogen and oxygen atoms in total. The number of aromatic nitrogens is 3. The quantitative estimate of drug-likeness (QED) is 0.0787. The van der Waals surface area contributed by atoms with Gasteiger partial charge in [-0.15, -0.1) is 0 Å². The van der Waals surface area contributed by atoms with Gasteiger partial charge in [0, 0.05) is 32.6 Å². The highest BCUT2D eigenvalue weighted by molar-refractivity contribution is 7.82. The molecule has 7 aromatic carbocycles. The molecule has 0 saturated carbocycles. The molecule has 282 valence electrons. The molecule has 0 spiro atoms. The van der Waals surface area contributed by atoms with E-state index in [1.54, 1.807) is 18.2 Å². The van der Waals surface area contributed by atoms with Crippen LogP contribution >= 0.6 is 7.14 Å². The van der Waals surface area contributed by atoms with Crippen LogP contribution < -0.4 is 10.6 Å². The number of halogens is 4. The third kappa shape index (κ3) is 7.10. The number of allylic oxidation sites excluding steroid dienone is 4. The topological polar surface area (TPSA) is 55.7 Å². The van der Waals surface area contributed by atoms with Crippen LogP contribution in [0.4, 0.5) is 17.6 Å². The van der Waals surface area contributed by atoms with Crippen LogP contribution in [-0.2, 0) is 4.57 Å². The van der Waals surface area contributed by atoms with Gasteiger partial charge in [-0.25, -0.2) is 32.5 Å². The van der Waals surface area contributed by atoms with Crippen molar-refractivity contribution < 1.29 is 22.1 Å². The number of fused-ring (bicyclic) bond motifs is 1. The van der Waals surface area contributed by atoms with Crippen molar-refractivity contribution in [2.45, 2.75) is 0 Å². The maximum Gasteiger partial charge on any atom is 0.171 e. The Labute approximate surface area is 332 Å². The van der Waals surface area contributed by atoms with Gasteiger partial charge in [-0.05, 0) is 75.5 Å². The Hall–Kier alpha value is -7.02. The zero-order chi connectivity index (χ0) is 40.4. The van der Waals surface area contributed by atoms with E-state index < -0.39 is 30.4 Å². The Morgan fingerprint density at radius 3 is 1.48 bits per heavy atom. The summed E-state index contributed by atoms with van der Waals surface area (Å²) in [6, 6.07) is 43.5. The summed E-state index contributed by atoms with van der Waals surface area (Å²) in [6.45, 7) is 7.82. The summed E-state index contributed by atoms with van der Waals surface area (Å²) in [5.41, 5.74) is 4.65. The summed E-state index contributed by atoms with van der Waals surface area (Å²) in [4.78, 5) is 13.5. The molecule has 8 aromatic rings.